The van der Waals surface area contributed by atoms with Gasteiger partial charge in [-0.25, -0.2) is 0 Å². The van der Waals surface area contributed by atoms with E-state index in [-0.39, 0.29) is 0 Å². The molecule has 0 atom stereocenters. The zero-order valence-corrected chi connectivity index (χ0v) is 26.1. The zero-order chi connectivity index (χ0) is 31.6. The van der Waals surface area contributed by atoms with Gasteiger partial charge in [-0.15, -0.1) is 0 Å². The van der Waals surface area contributed by atoms with Gasteiger partial charge in [0, 0.05) is 21.8 Å². The highest BCUT2D eigenvalue weighted by molar-refractivity contribution is 6.20. The summed E-state index contributed by atoms with van der Waals surface area (Å²) in [5, 5.41) is 12.2. The van der Waals surface area contributed by atoms with E-state index in [1.54, 1.807) is 0 Å². The number of fused-ring (bicyclic) bond motifs is 9. The van der Waals surface area contributed by atoms with Gasteiger partial charge in [-0.2, -0.15) is 0 Å². The number of para-hydroxylation sites is 2. The lowest BCUT2D eigenvalue weighted by molar-refractivity contribution is 0.669. The second-order valence-electron chi connectivity index (χ2n) is 12.5. The van der Waals surface area contributed by atoms with Gasteiger partial charge < -0.3 is 9.32 Å². The first-order valence-electron chi connectivity index (χ1n) is 16.4. The summed E-state index contributed by atoms with van der Waals surface area (Å²) in [7, 11) is 0. The van der Waals surface area contributed by atoms with Crippen LogP contribution in [0.5, 0.6) is 0 Å². The predicted molar refractivity (Wildman–Crippen MR) is 204 cm³/mol. The van der Waals surface area contributed by atoms with Gasteiger partial charge in [-0.1, -0.05) is 146 Å². The Bertz CT molecular complexity index is 2860. The van der Waals surface area contributed by atoms with Crippen LogP contribution in [0.3, 0.4) is 0 Å². The minimum absolute atomic E-state index is 0.873. The minimum Gasteiger partial charge on any atom is -0.454 e. The molecule has 0 aliphatic heterocycles. The van der Waals surface area contributed by atoms with E-state index >= 15 is 0 Å². The lowest BCUT2D eigenvalue weighted by Gasteiger charge is -2.27. The summed E-state index contributed by atoms with van der Waals surface area (Å²) in [6, 6.07) is 63.3. The summed E-state index contributed by atoms with van der Waals surface area (Å²) in [6.07, 6.45) is 0. The summed E-state index contributed by atoms with van der Waals surface area (Å²) in [6.45, 7) is 0. The normalized spacial score (nSPS) is 11.8. The molecule has 0 amide bonds. The van der Waals surface area contributed by atoms with Gasteiger partial charge >= 0.3 is 0 Å². The monoisotopic (exact) mass is 611 g/mol. The van der Waals surface area contributed by atoms with Crippen LogP contribution in [0.25, 0.3) is 76.2 Å². The van der Waals surface area contributed by atoms with E-state index in [9.17, 15) is 0 Å². The van der Waals surface area contributed by atoms with Crippen LogP contribution in [0.1, 0.15) is 0 Å². The van der Waals surface area contributed by atoms with Crippen LogP contribution in [0.2, 0.25) is 0 Å². The van der Waals surface area contributed by atoms with E-state index in [0.29, 0.717) is 0 Å². The van der Waals surface area contributed by atoms with Crippen molar-refractivity contribution in [3.63, 3.8) is 0 Å². The Kier molecular flexibility index (Phi) is 5.91. The molecule has 0 N–H and O–H groups in total. The molecule has 10 aromatic rings. The van der Waals surface area contributed by atoms with Crippen molar-refractivity contribution in [1.82, 2.24) is 0 Å². The highest BCUT2D eigenvalue weighted by atomic mass is 16.3. The smallest absolute Gasteiger partial charge is 0.159 e. The number of rotatable bonds is 4. The number of hydrogen-bond acceptors (Lipinski definition) is 2. The molecule has 0 spiro atoms. The third kappa shape index (κ3) is 4.06. The van der Waals surface area contributed by atoms with Gasteiger partial charge in [0.2, 0.25) is 0 Å². The van der Waals surface area contributed by atoms with E-state index in [0.717, 1.165) is 39.0 Å². The van der Waals surface area contributed by atoms with Gasteiger partial charge in [-0.3, -0.25) is 0 Å². The molecule has 1 heterocycles. The second-order valence-corrected chi connectivity index (χ2v) is 12.5. The second kappa shape index (κ2) is 10.6. The summed E-state index contributed by atoms with van der Waals surface area (Å²) in [5.74, 6) is 0. The molecular formula is C46H29NO. The molecule has 0 radical (unpaired) electrons. The van der Waals surface area contributed by atoms with Crippen molar-refractivity contribution in [2.75, 3.05) is 4.90 Å². The molecule has 1 aromatic heterocycles. The molecule has 0 saturated carbocycles. The standard InChI is InChI=1S/C46H29NO/c1-3-16-34-30(11-1)13-8-19-36(34)32-14-7-15-33(29-32)47(44-23-10-21-42-41-18-5-6-24-45(41)48-46(42)44)43-22-9-20-37-39-26-25-31-12-2-4-17-35(31)38(39)27-28-40(37)43/h1-29H. The van der Waals surface area contributed by atoms with Crippen LogP contribution in [0.15, 0.2) is 180 Å². The van der Waals surface area contributed by atoms with Gasteiger partial charge in [-0.05, 0) is 79.2 Å². The van der Waals surface area contributed by atoms with E-state index in [1.165, 1.54) is 54.2 Å². The van der Waals surface area contributed by atoms with Crippen LogP contribution in [0, 0.1) is 0 Å². The quantitative estimate of drug-likeness (QED) is 0.184. The fourth-order valence-corrected chi connectivity index (χ4v) is 7.64. The lowest BCUT2D eigenvalue weighted by atomic mass is 9.95. The van der Waals surface area contributed by atoms with Crippen molar-refractivity contribution < 1.29 is 4.42 Å². The number of anilines is 3. The molecule has 2 heteroatoms. The van der Waals surface area contributed by atoms with Crippen molar-refractivity contribution in [1.29, 1.82) is 0 Å². The molecule has 0 fully saturated rings. The number of furan rings is 1. The van der Waals surface area contributed by atoms with Crippen molar-refractivity contribution in [2.45, 2.75) is 0 Å². The van der Waals surface area contributed by atoms with Crippen LogP contribution in [-0.2, 0) is 0 Å². The maximum Gasteiger partial charge on any atom is 0.159 e. The van der Waals surface area contributed by atoms with Crippen molar-refractivity contribution in [3.8, 4) is 11.1 Å². The Hall–Kier alpha value is -6.38. The first-order valence-corrected chi connectivity index (χ1v) is 16.4. The van der Waals surface area contributed by atoms with Gasteiger partial charge in [0.15, 0.2) is 5.58 Å². The van der Waals surface area contributed by atoms with E-state index < -0.39 is 0 Å². The summed E-state index contributed by atoms with van der Waals surface area (Å²) >= 11 is 0. The topological polar surface area (TPSA) is 16.4 Å². The Balaban J connectivity index is 1.27. The molecule has 0 aliphatic carbocycles. The number of benzene rings is 9. The first-order chi connectivity index (χ1) is 23.8. The summed E-state index contributed by atoms with van der Waals surface area (Å²) in [5.41, 5.74) is 7.32. The number of hydrogen-bond donors (Lipinski definition) is 0. The fraction of sp³-hybridized carbons (Fsp3) is 0. The average molecular weight is 612 g/mol. The Labute approximate surface area is 277 Å². The Morgan fingerprint density at radius 3 is 1.83 bits per heavy atom. The average Bonchev–Trinajstić information content (AvgIpc) is 3.54. The van der Waals surface area contributed by atoms with Crippen molar-refractivity contribution in [2.24, 2.45) is 0 Å². The molecule has 48 heavy (non-hydrogen) atoms. The highest BCUT2D eigenvalue weighted by Gasteiger charge is 2.22. The molecular weight excluding hydrogens is 583 g/mol. The van der Waals surface area contributed by atoms with Crippen LogP contribution >= 0.6 is 0 Å². The third-order valence-electron chi connectivity index (χ3n) is 9.83. The molecule has 0 bridgehead atoms. The van der Waals surface area contributed by atoms with E-state index in [1.807, 2.05) is 6.07 Å². The molecule has 224 valence electrons. The molecule has 9 aromatic carbocycles. The van der Waals surface area contributed by atoms with E-state index in [2.05, 4.69) is 175 Å². The van der Waals surface area contributed by atoms with Crippen molar-refractivity contribution in [3.05, 3.63) is 176 Å². The fourth-order valence-electron chi connectivity index (χ4n) is 7.64. The summed E-state index contributed by atoms with van der Waals surface area (Å²) in [4.78, 5) is 2.38. The molecule has 10 rings (SSSR count). The Morgan fingerprint density at radius 1 is 0.354 bits per heavy atom. The molecule has 0 saturated heterocycles. The van der Waals surface area contributed by atoms with Crippen LogP contribution in [-0.4, -0.2) is 0 Å². The van der Waals surface area contributed by atoms with Crippen LogP contribution < -0.4 is 4.90 Å². The SMILES string of the molecule is c1cc(-c2cccc3ccccc23)cc(N(c2cccc3c2ccc2c4ccccc4ccc32)c2cccc3c2oc2ccccc23)c1. The third-order valence-corrected chi connectivity index (χ3v) is 9.83. The highest BCUT2D eigenvalue weighted by Crippen LogP contribution is 2.46. The van der Waals surface area contributed by atoms with E-state index in [4.69, 9.17) is 4.42 Å². The van der Waals surface area contributed by atoms with Gasteiger partial charge in [0.05, 0.1) is 11.4 Å². The number of nitrogens with zero attached hydrogens (tertiary/aromatic N) is 1. The first kappa shape index (κ1) is 26.8. The largest absolute Gasteiger partial charge is 0.454 e. The van der Waals surface area contributed by atoms with Gasteiger partial charge in [0.25, 0.3) is 0 Å². The zero-order valence-electron chi connectivity index (χ0n) is 26.1. The van der Waals surface area contributed by atoms with Crippen LogP contribution in [0.4, 0.5) is 17.1 Å². The van der Waals surface area contributed by atoms with Gasteiger partial charge in [0.1, 0.15) is 5.58 Å². The maximum absolute atomic E-state index is 6.67. The lowest BCUT2D eigenvalue weighted by Crippen LogP contribution is -2.11. The molecule has 0 aliphatic rings. The predicted octanol–water partition coefficient (Wildman–Crippen LogP) is 13.3. The maximum atomic E-state index is 6.67. The Morgan fingerprint density at radius 2 is 0.938 bits per heavy atom. The summed E-state index contributed by atoms with van der Waals surface area (Å²) < 4.78 is 6.67. The van der Waals surface area contributed by atoms with Crippen molar-refractivity contribution >= 4 is 82.1 Å². The minimum atomic E-state index is 0.873. The molecule has 0 unspecified atom stereocenters. The molecule has 2 nitrogen and oxygen atoms in total.